The Bertz CT molecular complexity index is 52.2. The lowest BCUT2D eigenvalue weighted by molar-refractivity contribution is 0.628. The molecule has 0 aliphatic rings. The second-order valence-electron chi connectivity index (χ2n) is 1.30. The lowest BCUT2D eigenvalue weighted by atomic mass is 11.3. The fourth-order valence-corrected chi connectivity index (χ4v) is 0.962. The minimum Gasteiger partial charge on any atom is -0.261 e. The Labute approximate surface area is 49.4 Å². The van der Waals surface area contributed by atoms with Gasteiger partial charge in [0.05, 0.1) is 5.62 Å². The summed E-state index contributed by atoms with van der Waals surface area (Å²) in [4.78, 5) is 0. The van der Waals surface area contributed by atoms with Gasteiger partial charge in [0.1, 0.15) is 0 Å². The molecular weight excluding hydrogens is 135 g/mol. The van der Waals surface area contributed by atoms with E-state index in [0.29, 0.717) is 0 Å². The second-order valence-corrected chi connectivity index (χ2v) is 3.73. The maximum Gasteiger partial charge on any atom is 0.171 e. The molecule has 0 aromatic heterocycles. The number of alkyl halides is 1. The van der Waals surface area contributed by atoms with Crippen molar-refractivity contribution in [2.45, 2.75) is 0 Å². The first kappa shape index (κ1) is 7.61. The highest BCUT2D eigenvalue weighted by atomic mass is 35.5. The molecule has 0 aliphatic carbocycles. The van der Waals surface area contributed by atoms with E-state index in [2.05, 4.69) is 0 Å². The molecule has 0 aromatic rings. The maximum atomic E-state index is 12.1. The molecule has 0 saturated carbocycles. The van der Waals surface area contributed by atoms with Gasteiger partial charge in [-0.3, -0.25) is 4.67 Å². The number of nitrogens with zero attached hydrogens (tertiary/aromatic N) is 1. The molecule has 44 valence electrons. The van der Waals surface area contributed by atoms with Crippen molar-refractivity contribution >= 4 is 20.0 Å². The SMILES string of the molecule is CN(C)P(F)CCl. The van der Waals surface area contributed by atoms with Gasteiger partial charge in [-0.1, -0.05) is 0 Å². The van der Waals surface area contributed by atoms with Crippen LogP contribution in [-0.2, 0) is 0 Å². The van der Waals surface area contributed by atoms with Crippen molar-refractivity contribution in [2.24, 2.45) is 0 Å². The van der Waals surface area contributed by atoms with Gasteiger partial charge in [0.2, 0.25) is 0 Å². The summed E-state index contributed by atoms with van der Waals surface area (Å²) in [6.07, 6.45) is 0. The molecule has 0 aromatic carbocycles. The Kier molecular flexibility index (Phi) is 3.91. The molecule has 0 rings (SSSR count). The zero-order valence-electron chi connectivity index (χ0n) is 4.36. The molecule has 0 bridgehead atoms. The average Bonchev–Trinajstić information content (AvgIpc) is 1.65. The molecule has 1 nitrogen and oxygen atoms in total. The molecule has 0 radical (unpaired) electrons. The van der Waals surface area contributed by atoms with E-state index in [-0.39, 0.29) is 5.62 Å². The summed E-state index contributed by atoms with van der Waals surface area (Å²) < 4.78 is 13.6. The van der Waals surface area contributed by atoms with Crippen LogP contribution in [0.3, 0.4) is 0 Å². The van der Waals surface area contributed by atoms with E-state index in [9.17, 15) is 4.20 Å². The highest BCUT2D eigenvalue weighted by Gasteiger charge is 2.04. The van der Waals surface area contributed by atoms with Crippen LogP contribution in [-0.4, -0.2) is 24.4 Å². The minimum absolute atomic E-state index is 0.113. The quantitative estimate of drug-likeness (QED) is 0.422. The van der Waals surface area contributed by atoms with Crippen LogP contribution in [0.25, 0.3) is 0 Å². The van der Waals surface area contributed by atoms with Crippen molar-refractivity contribution in [3.8, 4) is 0 Å². The van der Waals surface area contributed by atoms with E-state index >= 15 is 0 Å². The van der Waals surface area contributed by atoms with Crippen molar-refractivity contribution in [2.75, 3.05) is 19.7 Å². The first-order chi connectivity index (χ1) is 3.18. The minimum atomic E-state index is -1.54. The van der Waals surface area contributed by atoms with E-state index in [1.165, 1.54) is 4.67 Å². The third kappa shape index (κ3) is 3.22. The van der Waals surface area contributed by atoms with Gasteiger partial charge >= 0.3 is 0 Å². The zero-order valence-corrected chi connectivity index (χ0v) is 6.01. The van der Waals surface area contributed by atoms with E-state index in [0.717, 1.165) is 0 Å². The summed E-state index contributed by atoms with van der Waals surface area (Å²) in [5, 5.41) is 0. The van der Waals surface area contributed by atoms with Gasteiger partial charge in [0, 0.05) is 0 Å². The summed E-state index contributed by atoms with van der Waals surface area (Å²) >= 11 is 5.16. The van der Waals surface area contributed by atoms with E-state index in [1.54, 1.807) is 14.1 Å². The average molecular weight is 144 g/mol. The highest BCUT2D eigenvalue weighted by molar-refractivity contribution is 7.51. The van der Waals surface area contributed by atoms with Crippen LogP contribution in [0.5, 0.6) is 0 Å². The number of halogens is 2. The first-order valence-electron chi connectivity index (χ1n) is 1.85. The third-order valence-electron chi connectivity index (χ3n) is 0.533. The molecule has 4 heteroatoms. The Hall–Kier alpha value is 0.610. The van der Waals surface area contributed by atoms with Gasteiger partial charge in [-0.05, 0) is 14.1 Å². The number of hydrogen-bond acceptors (Lipinski definition) is 1. The van der Waals surface area contributed by atoms with Crippen molar-refractivity contribution < 1.29 is 4.20 Å². The summed E-state index contributed by atoms with van der Waals surface area (Å²) in [7, 11) is 1.81. The molecular formula is C3H8ClFNP. The molecule has 0 N–H and O–H groups in total. The fraction of sp³-hybridized carbons (Fsp3) is 1.00. The van der Waals surface area contributed by atoms with Crippen molar-refractivity contribution in [1.29, 1.82) is 0 Å². The Morgan fingerprint density at radius 3 is 2.14 bits per heavy atom. The molecule has 0 fully saturated rings. The van der Waals surface area contributed by atoms with E-state index in [1.807, 2.05) is 0 Å². The molecule has 0 spiro atoms. The monoisotopic (exact) mass is 143 g/mol. The maximum absolute atomic E-state index is 12.1. The molecule has 0 aliphatic heterocycles. The van der Waals surface area contributed by atoms with E-state index in [4.69, 9.17) is 11.6 Å². The second kappa shape index (κ2) is 3.59. The van der Waals surface area contributed by atoms with Crippen LogP contribution in [0.1, 0.15) is 0 Å². The standard InChI is InChI=1S/C3H8ClFNP/c1-6(2)7(5)3-4/h3H2,1-2H3. The molecule has 0 heterocycles. The topological polar surface area (TPSA) is 3.24 Å². The zero-order chi connectivity index (χ0) is 5.86. The van der Waals surface area contributed by atoms with Crippen LogP contribution in [0.4, 0.5) is 4.20 Å². The van der Waals surface area contributed by atoms with Gasteiger partial charge < -0.3 is 0 Å². The molecule has 1 atom stereocenters. The van der Waals surface area contributed by atoms with Crippen molar-refractivity contribution in [1.82, 2.24) is 4.67 Å². The lowest BCUT2D eigenvalue weighted by Crippen LogP contribution is -2.00. The van der Waals surface area contributed by atoms with Crippen LogP contribution in [0, 0.1) is 0 Å². The Morgan fingerprint density at radius 1 is 1.71 bits per heavy atom. The summed E-state index contributed by atoms with van der Waals surface area (Å²) in [5.41, 5.74) is 0.113. The van der Waals surface area contributed by atoms with Crippen molar-refractivity contribution in [3.05, 3.63) is 0 Å². The largest absolute Gasteiger partial charge is 0.261 e. The van der Waals surface area contributed by atoms with Crippen LogP contribution < -0.4 is 0 Å². The number of hydrogen-bond donors (Lipinski definition) is 0. The predicted molar refractivity (Wildman–Crippen MR) is 32.4 cm³/mol. The van der Waals surface area contributed by atoms with Gasteiger partial charge in [0.25, 0.3) is 0 Å². The van der Waals surface area contributed by atoms with Crippen LogP contribution >= 0.6 is 20.0 Å². The molecule has 1 unspecified atom stereocenters. The molecule has 0 amide bonds. The van der Waals surface area contributed by atoms with E-state index < -0.39 is 8.38 Å². The molecule has 7 heavy (non-hydrogen) atoms. The van der Waals surface area contributed by atoms with Crippen LogP contribution in [0.15, 0.2) is 0 Å². The van der Waals surface area contributed by atoms with Gasteiger partial charge in [-0.2, -0.15) is 0 Å². The summed E-state index contributed by atoms with van der Waals surface area (Å²) in [6.45, 7) is 0. The normalized spacial score (nSPS) is 15.0. The third-order valence-corrected chi connectivity index (χ3v) is 2.19. The Balaban J connectivity index is 3.14. The van der Waals surface area contributed by atoms with Gasteiger partial charge in [-0.25, -0.2) is 4.20 Å². The smallest absolute Gasteiger partial charge is 0.171 e. The summed E-state index contributed by atoms with van der Waals surface area (Å²) in [6, 6.07) is 0. The Morgan fingerprint density at radius 2 is 2.14 bits per heavy atom. The van der Waals surface area contributed by atoms with Crippen molar-refractivity contribution in [3.63, 3.8) is 0 Å². The summed E-state index contributed by atoms with van der Waals surface area (Å²) in [5.74, 6) is 0. The first-order valence-corrected chi connectivity index (χ1v) is 3.75. The lowest BCUT2D eigenvalue weighted by Gasteiger charge is -2.09. The van der Waals surface area contributed by atoms with Gasteiger partial charge in [-0.15, -0.1) is 11.6 Å². The van der Waals surface area contributed by atoms with Gasteiger partial charge in [0.15, 0.2) is 8.38 Å². The molecule has 0 saturated heterocycles. The number of rotatable bonds is 2. The highest BCUT2D eigenvalue weighted by Crippen LogP contribution is 2.39. The fourth-order valence-electron chi connectivity index (χ4n) is 0.107. The van der Waals surface area contributed by atoms with Crippen LogP contribution in [0.2, 0.25) is 0 Å². The predicted octanol–water partition coefficient (Wildman–Crippen LogP) is 2.03.